The number of piperidine rings is 1. The van der Waals surface area contributed by atoms with Crippen LogP contribution < -0.4 is 4.90 Å². The Bertz CT molecular complexity index is 359. The third-order valence-electron chi connectivity index (χ3n) is 3.53. The van der Waals surface area contributed by atoms with E-state index in [-0.39, 0.29) is 6.61 Å². The first-order chi connectivity index (χ1) is 8.22. The molecular formula is C13H21N3O. The van der Waals surface area contributed by atoms with Crippen molar-refractivity contribution < 1.29 is 5.11 Å². The summed E-state index contributed by atoms with van der Waals surface area (Å²) in [6, 6.07) is 4.50. The van der Waals surface area contributed by atoms with E-state index < -0.39 is 0 Å². The zero-order chi connectivity index (χ0) is 12.3. The van der Waals surface area contributed by atoms with Crippen molar-refractivity contribution in [2.75, 3.05) is 32.1 Å². The molecule has 1 aliphatic rings. The van der Waals surface area contributed by atoms with E-state index in [0.29, 0.717) is 6.04 Å². The first kappa shape index (κ1) is 12.3. The Balaban J connectivity index is 2.05. The number of hydrogen-bond acceptors (Lipinski definition) is 4. The summed E-state index contributed by atoms with van der Waals surface area (Å²) in [5, 5.41) is 9.31. The third-order valence-corrected chi connectivity index (χ3v) is 3.53. The zero-order valence-electron chi connectivity index (χ0n) is 10.6. The average molecular weight is 235 g/mol. The van der Waals surface area contributed by atoms with Crippen molar-refractivity contribution in [1.82, 2.24) is 9.88 Å². The van der Waals surface area contributed by atoms with Crippen LogP contribution in [0.15, 0.2) is 18.3 Å². The summed E-state index contributed by atoms with van der Waals surface area (Å²) < 4.78 is 0. The molecule has 2 heterocycles. The van der Waals surface area contributed by atoms with Crippen molar-refractivity contribution >= 4 is 5.82 Å². The fraction of sp³-hybridized carbons (Fsp3) is 0.615. The van der Waals surface area contributed by atoms with E-state index in [4.69, 9.17) is 0 Å². The van der Waals surface area contributed by atoms with Crippen molar-refractivity contribution in [2.45, 2.75) is 25.5 Å². The number of pyridine rings is 1. The second-order valence-corrected chi connectivity index (χ2v) is 4.83. The topological polar surface area (TPSA) is 39.6 Å². The molecule has 1 aromatic heterocycles. The fourth-order valence-electron chi connectivity index (χ4n) is 2.43. The quantitative estimate of drug-likeness (QED) is 0.852. The van der Waals surface area contributed by atoms with Crippen molar-refractivity contribution in [2.24, 2.45) is 0 Å². The van der Waals surface area contributed by atoms with Crippen LogP contribution in [0.4, 0.5) is 5.82 Å². The molecule has 0 amide bonds. The molecule has 0 aromatic carbocycles. The van der Waals surface area contributed by atoms with Crippen LogP contribution in [0.2, 0.25) is 0 Å². The molecule has 1 fully saturated rings. The zero-order valence-corrected chi connectivity index (χ0v) is 10.6. The number of rotatable bonds is 3. The number of anilines is 1. The van der Waals surface area contributed by atoms with Crippen molar-refractivity contribution in [1.29, 1.82) is 0 Å². The van der Waals surface area contributed by atoms with Crippen LogP contribution in [-0.4, -0.2) is 48.2 Å². The normalized spacial score (nSPS) is 17.8. The van der Waals surface area contributed by atoms with Gasteiger partial charge in [0.15, 0.2) is 0 Å². The van der Waals surface area contributed by atoms with Crippen LogP contribution in [0.3, 0.4) is 0 Å². The lowest BCUT2D eigenvalue weighted by Gasteiger charge is -2.36. The Morgan fingerprint density at radius 3 is 2.71 bits per heavy atom. The van der Waals surface area contributed by atoms with Gasteiger partial charge in [-0.1, -0.05) is 6.07 Å². The summed E-state index contributed by atoms with van der Waals surface area (Å²) in [5.41, 5.74) is 0.927. The third kappa shape index (κ3) is 2.76. The van der Waals surface area contributed by atoms with Gasteiger partial charge in [-0.3, -0.25) is 0 Å². The minimum absolute atomic E-state index is 0.0663. The highest BCUT2D eigenvalue weighted by Crippen LogP contribution is 2.22. The Kier molecular flexibility index (Phi) is 3.97. The Morgan fingerprint density at radius 1 is 1.41 bits per heavy atom. The molecule has 4 nitrogen and oxygen atoms in total. The molecule has 0 radical (unpaired) electrons. The maximum atomic E-state index is 9.31. The average Bonchev–Trinajstić information content (AvgIpc) is 2.39. The number of aromatic nitrogens is 1. The number of hydrogen-bond donors (Lipinski definition) is 1. The molecule has 0 spiro atoms. The van der Waals surface area contributed by atoms with Gasteiger partial charge in [-0.15, -0.1) is 0 Å². The van der Waals surface area contributed by atoms with Crippen LogP contribution >= 0.6 is 0 Å². The van der Waals surface area contributed by atoms with E-state index in [1.807, 2.05) is 12.1 Å². The standard InChI is InChI=1S/C13H21N3O/c1-15(2)12-5-8-16(9-6-12)13-11(10-17)4-3-7-14-13/h3-4,7,12,17H,5-6,8-10H2,1-2H3. The maximum Gasteiger partial charge on any atom is 0.134 e. The molecule has 0 atom stereocenters. The van der Waals surface area contributed by atoms with Crippen molar-refractivity contribution in [3.05, 3.63) is 23.9 Å². The number of aliphatic hydroxyl groups is 1. The first-order valence-electron chi connectivity index (χ1n) is 6.18. The summed E-state index contributed by atoms with van der Waals surface area (Å²) in [7, 11) is 4.28. The van der Waals surface area contributed by atoms with Crippen LogP contribution in [0.25, 0.3) is 0 Å². The molecule has 1 aromatic rings. The molecule has 2 rings (SSSR count). The predicted octanol–water partition coefficient (Wildman–Crippen LogP) is 1.10. The summed E-state index contributed by atoms with van der Waals surface area (Å²) >= 11 is 0. The molecule has 0 aliphatic carbocycles. The molecule has 1 N–H and O–H groups in total. The SMILES string of the molecule is CN(C)C1CCN(c2ncccc2CO)CC1. The Hall–Kier alpha value is -1.13. The maximum absolute atomic E-state index is 9.31. The van der Waals surface area contributed by atoms with E-state index in [9.17, 15) is 5.11 Å². The van der Waals surface area contributed by atoms with Gasteiger partial charge in [-0.05, 0) is 33.0 Å². The smallest absolute Gasteiger partial charge is 0.134 e. The summed E-state index contributed by atoms with van der Waals surface area (Å²) in [4.78, 5) is 8.97. The van der Waals surface area contributed by atoms with Crippen LogP contribution in [0.1, 0.15) is 18.4 Å². The van der Waals surface area contributed by atoms with Crippen molar-refractivity contribution in [3.8, 4) is 0 Å². The minimum Gasteiger partial charge on any atom is -0.392 e. The summed E-state index contributed by atoms with van der Waals surface area (Å²) in [5.74, 6) is 0.951. The van der Waals surface area contributed by atoms with Crippen LogP contribution in [-0.2, 0) is 6.61 Å². The molecule has 17 heavy (non-hydrogen) atoms. The first-order valence-corrected chi connectivity index (χ1v) is 6.18. The predicted molar refractivity (Wildman–Crippen MR) is 69.1 cm³/mol. The van der Waals surface area contributed by atoms with Crippen LogP contribution in [0, 0.1) is 0 Å². The van der Waals surface area contributed by atoms with Gasteiger partial charge in [0.05, 0.1) is 6.61 Å². The van der Waals surface area contributed by atoms with E-state index in [0.717, 1.165) is 37.3 Å². The van der Waals surface area contributed by atoms with E-state index in [2.05, 4.69) is 28.9 Å². The van der Waals surface area contributed by atoms with Gasteiger partial charge in [-0.25, -0.2) is 4.98 Å². The molecule has 1 saturated heterocycles. The molecule has 0 bridgehead atoms. The van der Waals surface area contributed by atoms with Gasteiger partial charge in [-0.2, -0.15) is 0 Å². The molecule has 0 saturated carbocycles. The highest BCUT2D eigenvalue weighted by molar-refractivity contribution is 5.46. The van der Waals surface area contributed by atoms with Gasteiger partial charge in [0.25, 0.3) is 0 Å². The number of nitrogens with zero attached hydrogens (tertiary/aromatic N) is 3. The molecule has 1 aliphatic heterocycles. The van der Waals surface area contributed by atoms with Gasteiger partial charge in [0.2, 0.25) is 0 Å². The monoisotopic (exact) mass is 235 g/mol. The lowest BCUT2D eigenvalue weighted by molar-refractivity contribution is 0.248. The van der Waals surface area contributed by atoms with E-state index >= 15 is 0 Å². The number of aliphatic hydroxyl groups excluding tert-OH is 1. The highest BCUT2D eigenvalue weighted by Gasteiger charge is 2.22. The molecular weight excluding hydrogens is 214 g/mol. The van der Waals surface area contributed by atoms with Gasteiger partial charge in [0, 0.05) is 30.9 Å². The lowest BCUT2D eigenvalue weighted by atomic mass is 10.0. The molecule has 0 unspecified atom stereocenters. The van der Waals surface area contributed by atoms with Gasteiger partial charge >= 0.3 is 0 Å². The fourth-order valence-corrected chi connectivity index (χ4v) is 2.43. The molecule has 94 valence electrons. The van der Waals surface area contributed by atoms with E-state index in [1.165, 1.54) is 0 Å². The second kappa shape index (κ2) is 5.47. The van der Waals surface area contributed by atoms with Crippen molar-refractivity contribution in [3.63, 3.8) is 0 Å². The second-order valence-electron chi connectivity index (χ2n) is 4.83. The van der Waals surface area contributed by atoms with E-state index in [1.54, 1.807) is 6.20 Å². The van der Waals surface area contributed by atoms with Gasteiger partial charge in [0.1, 0.15) is 5.82 Å². The Morgan fingerprint density at radius 2 is 2.12 bits per heavy atom. The highest BCUT2D eigenvalue weighted by atomic mass is 16.3. The Labute approximate surface area is 103 Å². The summed E-state index contributed by atoms with van der Waals surface area (Å²) in [6.07, 6.45) is 4.12. The summed E-state index contributed by atoms with van der Waals surface area (Å²) in [6.45, 7) is 2.11. The van der Waals surface area contributed by atoms with Gasteiger partial charge < -0.3 is 14.9 Å². The largest absolute Gasteiger partial charge is 0.392 e. The minimum atomic E-state index is 0.0663. The van der Waals surface area contributed by atoms with Crippen LogP contribution in [0.5, 0.6) is 0 Å². The lowest BCUT2D eigenvalue weighted by Crippen LogP contribution is -2.42. The molecule has 4 heteroatoms.